The van der Waals surface area contributed by atoms with Gasteiger partial charge in [-0.1, -0.05) is 20.8 Å². The maximum absolute atomic E-state index is 10.4. The van der Waals surface area contributed by atoms with Gasteiger partial charge in [-0.25, -0.2) is 4.79 Å². The molecule has 0 aromatic heterocycles. The molecule has 2 N–H and O–H groups in total. The lowest BCUT2D eigenvalue weighted by molar-refractivity contribution is 0.0390. The molecule has 0 saturated carbocycles. The number of nitrogens with two attached hydrogens (primary N) is 1. The topological polar surface area (TPSA) is 70.8 Å². The zero-order chi connectivity index (χ0) is 15.8. The molecule has 120 valence electrons. The van der Waals surface area contributed by atoms with Crippen LogP contribution >= 0.6 is 0 Å². The Balaban J connectivity index is 3.69. The van der Waals surface area contributed by atoms with E-state index >= 15 is 0 Å². The Hall–Kier alpha value is -0.593. The first-order chi connectivity index (χ1) is 9.06. The number of carbonyl (C=O) groups is 1. The van der Waals surface area contributed by atoms with E-state index in [1.807, 2.05) is 6.92 Å². The maximum atomic E-state index is 10.4. The third-order valence-corrected chi connectivity index (χ3v) is 8.27. The number of hydrogen-bond acceptors (Lipinski definition) is 4. The predicted molar refractivity (Wildman–Crippen MR) is 83.3 cm³/mol. The lowest BCUT2D eigenvalue weighted by Crippen LogP contribution is -2.41. The summed E-state index contributed by atoms with van der Waals surface area (Å²) < 4.78 is 16.4. The fraction of sp³-hybridized carbons (Fsp3) is 0.929. The SMILES string of the molecule is CC(CCO[Si](C)(C)C(C)(C)C)OCCCOC(N)=O. The first-order valence-corrected chi connectivity index (χ1v) is 10.1. The summed E-state index contributed by atoms with van der Waals surface area (Å²) in [6.45, 7) is 14.8. The normalized spacial score (nSPS) is 14.1. The molecule has 0 radical (unpaired) electrons. The van der Waals surface area contributed by atoms with E-state index in [-0.39, 0.29) is 11.1 Å². The highest BCUT2D eigenvalue weighted by molar-refractivity contribution is 6.74. The van der Waals surface area contributed by atoms with Gasteiger partial charge < -0.3 is 19.6 Å². The van der Waals surface area contributed by atoms with Crippen molar-refractivity contribution in [3.05, 3.63) is 0 Å². The fourth-order valence-electron chi connectivity index (χ4n) is 1.30. The zero-order valence-corrected chi connectivity index (χ0v) is 14.8. The van der Waals surface area contributed by atoms with Crippen LogP contribution in [-0.2, 0) is 13.9 Å². The van der Waals surface area contributed by atoms with Gasteiger partial charge in [-0.2, -0.15) is 0 Å². The van der Waals surface area contributed by atoms with Gasteiger partial charge in [0.15, 0.2) is 8.32 Å². The minimum atomic E-state index is -1.66. The van der Waals surface area contributed by atoms with Crippen molar-refractivity contribution in [2.45, 2.75) is 64.8 Å². The highest BCUT2D eigenvalue weighted by Gasteiger charge is 2.36. The van der Waals surface area contributed by atoms with Crippen LogP contribution in [0, 0.1) is 0 Å². The van der Waals surface area contributed by atoms with Crippen molar-refractivity contribution in [1.82, 2.24) is 0 Å². The van der Waals surface area contributed by atoms with E-state index in [2.05, 4.69) is 38.6 Å². The second-order valence-electron chi connectivity index (χ2n) is 6.60. The fourth-order valence-corrected chi connectivity index (χ4v) is 2.36. The number of amides is 1. The van der Waals surface area contributed by atoms with Gasteiger partial charge in [-0.15, -0.1) is 0 Å². The van der Waals surface area contributed by atoms with E-state index in [1.54, 1.807) is 0 Å². The molecule has 0 aliphatic heterocycles. The van der Waals surface area contributed by atoms with Crippen molar-refractivity contribution in [3.8, 4) is 0 Å². The van der Waals surface area contributed by atoms with Crippen LogP contribution in [0.3, 0.4) is 0 Å². The molecule has 0 spiro atoms. The van der Waals surface area contributed by atoms with Crippen LogP contribution in [0.2, 0.25) is 18.1 Å². The van der Waals surface area contributed by atoms with Gasteiger partial charge in [0.2, 0.25) is 0 Å². The summed E-state index contributed by atoms with van der Waals surface area (Å²) in [6, 6.07) is 0. The van der Waals surface area contributed by atoms with E-state index in [1.165, 1.54) is 0 Å². The minimum Gasteiger partial charge on any atom is -0.450 e. The Labute approximate surface area is 124 Å². The van der Waals surface area contributed by atoms with E-state index in [4.69, 9.17) is 14.9 Å². The Morgan fingerprint density at radius 3 is 2.30 bits per heavy atom. The second-order valence-corrected chi connectivity index (χ2v) is 11.4. The first-order valence-electron chi connectivity index (χ1n) is 7.24. The number of rotatable bonds is 9. The summed E-state index contributed by atoms with van der Waals surface area (Å²) in [5, 5.41) is 0.239. The molecule has 1 atom stereocenters. The zero-order valence-electron chi connectivity index (χ0n) is 13.8. The van der Waals surface area contributed by atoms with E-state index in [9.17, 15) is 4.79 Å². The van der Waals surface area contributed by atoms with Crippen LogP contribution < -0.4 is 5.73 Å². The first kappa shape index (κ1) is 19.4. The third-order valence-electron chi connectivity index (χ3n) is 3.73. The Kier molecular flexibility index (Phi) is 8.38. The molecular weight excluding hydrogens is 274 g/mol. The van der Waals surface area contributed by atoms with Gasteiger partial charge in [-0.05, 0) is 31.5 Å². The van der Waals surface area contributed by atoms with Crippen LogP contribution in [-0.4, -0.2) is 40.3 Å². The summed E-state index contributed by atoms with van der Waals surface area (Å²) in [4.78, 5) is 10.4. The Morgan fingerprint density at radius 2 is 1.80 bits per heavy atom. The van der Waals surface area contributed by atoms with Crippen molar-refractivity contribution in [2.24, 2.45) is 5.73 Å². The van der Waals surface area contributed by atoms with Gasteiger partial charge in [0, 0.05) is 13.0 Å². The van der Waals surface area contributed by atoms with Gasteiger partial charge in [-0.3, -0.25) is 0 Å². The van der Waals surface area contributed by atoms with Crippen LogP contribution in [0.1, 0.15) is 40.5 Å². The summed E-state index contributed by atoms with van der Waals surface area (Å²) >= 11 is 0. The molecule has 6 heteroatoms. The molecule has 0 aromatic rings. The number of ether oxygens (including phenoxy) is 2. The van der Waals surface area contributed by atoms with Crippen molar-refractivity contribution >= 4 is 14.4 Å². The van der Waals surface area contributed by atoms with E-state index in [0.717, 1.165) is 13.0 Å². The van der Waals surface area contributed by atoms with Gasteiger partial charge >= 0.3 is 6.09 Å². The molecule has 1 unspecified atom stereocenters. The summed E-state index contributed by atoms with van der Waals surface area (Å²) in [6.07, 6.45) is 0.952. The standard InChI is InChI=1S/C14H31NO4Si/c1-12(17-9-7-10-18-13(15)16)8-11-19-20(5,6)14(2,3)4/h12H,7-11H2,1-6H3,(H2,15,16). The van der Waals surface area contributed by atoms with E-state index < -0.39 is 14.4 Å². The van der Waals surface area contributed by atoms with Crippen LogP contribution in [0.25, 0.3) is 0 Å². The van der Waals surface area contributed by atoms with Crippen molar-refractivity contribution in [3.63, 3.8) is 0 Å². The molecule has 0 bridgehead atoms. The van der Waals surface area contributed by atoms with Crippen LogP contribution in [0.5, 0.6) is 0 Å². The molecule has 0 fully saturated rings. The van der Waals surface area contributed by atoms with E-state index in [0.29, 0.717) is 19.6 Å². The highest BCUT2D eigenvalue weighted by Crippen LogP contribution is 2.36. The molecule has 0 rings (SSSR count). The minimum absolute atomic E-state index is 0.147. The van der Waals surface area contributed by atoms with Gasteiger partial charge in [0.25, 0.3) is 0 Å². The molecule has 20 heavy (non-hydrogen) atoms. The summed E-state index contributed by atoms with van der Waals surface area (Å²) in [5.41, 5.74) is 4.86. The Morgan fingerprint density at radius 1 is 1.20 bits per heavy atom. The third kappa shape index (κ3) is 8.55. The maximum Gasteiger partial charge on any atom is 0.404 e. The molecule has 0 saturated heterocycles. The molecule has 0 heterocycles. The van der Waals surface area contributed by atoms with Crippen LogP contribution in [0.15, 0.2) is 0 Å². The smallest absolute Gasteiger partial charge is 0.404 e. The Bertz CT molecular complexity index is 289. The average Bonchev–Trinajstić information content (AvgIpc) is 2.26. The van der Waals surface area contributed by atoms with Crippen LogP contribution in [0.4, 0.5) is 4.79 Å². The van der Waals surface area contributed by atoms with Crippen molar-refractivity contribution < 1.29 is 18.7 Å². The lowest BCUT2D eigenvalue weighted by Gasteiger charge is -2.36. The van der Waals surface area contributed by atoms with Gasteiger partial charge in [0.05, 0.1) is 19.3 Å². The highest BCUT2D eigenvalue weighted by atomic mass is 28.4. The summed E-state index contributed by atoms with van der Waals surface area (Å²) in [5.74, 6) is 0. The molecule has 0 aromatic carbocycles. The molecule has 5 nitrogen and oxygen atoms in total. The lowest BCUT2D eigenvalue weighted by atomic mass is 10.2. The second kappa shape index (κ2) is 8.64. The van der Waals surface area contributed by atoms with Gasteiger partial charge in [0.1, 0.15) is 0 Å². The molecule has 0 aliphatic rings. The predicted octanol–water partition coefficient (Wildman–Crippen LogP) is 3.29. The largest absolute Gasteiger partial charge is 0.450 e. The molecule has 1 amide bonds. The summed E-state index contributed by atoms with van der Waals surface area (Å²) in [7, 11) is -1.66. The number of primary amides is 1. The average molecular weight is 305 g/mol. The van der Waals surface area contributed by atoms with Crippen molar-refractivity contribution in [2.75, 3.05) is 19.8 Å². The monoisotopic (exact) mass is 305 g/mol. The quantitative estimate of drug-likeness (QED) is 0.524. The number of hydrogen-bond donors (Lipinski definition) is 1. The number of carbonyl (C=O) groups excluding carboxylic acids is 1. The van der Waals surface area contributed by atoms with Crippen molar-refractivity contribution in [1.29, 1.82) is 0 Å². The molecular formula is C14H31NO4Si. The molecule has 0 aliphatic carbocycles.